The van der Waals surface area contributed by atoms with Crippen LogP contribution in [0.3, 0.4) is 0 Å². The van der Waals surface area contributed by atoms with E-state index in [0.717, 1.165) is 11.3 Å². The number of benzene rings is 1. The third-order valence-corrected chi connectivity index (χ3v) is 2.67. The molecule has 0 saturated carbocycles. The summed E-state index contributed by atoms with van der Waals surface area (Å²) in [6.45, 7) is 4.12. The molecule has 0 radical (unpaired) electrons. The Morgan fingerprint density at radius 2 is 1.94 bits per heavy atom. The van der Waals surface area contributed by atoms with Crippen LogP contribution in [-0.4, -0.2) is 16.1 Å². The monoisotopic (exact) mass is 245 g/mol. The van der Waals surface area contributed by atoms with Crippen LogP contribution in [0.25, 0.3) is 0 Å². The minimum atomic E-state index is -0.332. The van der Waals surface area contributed by atoms with Crippen molar-refractivity contribution in [1.29, 1.82) is 0 Å². The number of nitrogens with one attached hydrogen (secondary N) is 3. The van der Waals surface area contributed by atoms with Crippen LogP contribution in [0.4, 0.5) is 5.69 Å². The molecule has 0 aliphatic heterocycles. The molecule has 0 aliphatic carbocycles. The number of carbonyl (C=O) groups is 1. The molecule has 0 bridgehead atoms. The third-order valence-electron chi connectivity index (χ3n) is 2.67. The summed E-state index contributed by atoms with van der Waals surface area (Å²) in [7, 11) is 0. The molecule has 0 aliphatic rings. The van der Waals surface area contributed by atoms with E-state index in [1.54, 1.807) is 0 Å². The Morgan fingerprint density at radius 1 is 1.22 bits per heavy atom. The molecule has 1 aromatic heterocycles. The number of anilines is 1. The van der Waals surface area contributed by atoms with Crippen molar-refractivity contribution in [3.8, 4) is 0 Å². The number of rotatable bonds is 3. The number of carbonyl (C=O) groups excluding carboxylic acids is 1. The molecule has 0 unspecified atom stereocenters. The Labute approximate surface area is 104 Å². The second kappa shape index (κ2) is 4.91. The standard InChI is InChI=1S/C13H15N3O2/c1-8(2)9-5-3-4-6-10(9)14-13(18)11-7-12(17)16-15-11/h3-8H,1-2H3,(H,14,18)(H2,15,16,17). The van der Waals surface area contributed by atoms with Crippen molar-refractivity contribution in [1.82, 2.24) is 10.2 Å². The van der Waals surface area contributed by atoms with Crippen LogP contribution in [0.5, 0.6) is 0 Å². The Hall–Kier alpha value is -2.30. The summed E-state index contributed by atoms with van der Waals surface area (Å²) < 4.78 is 0. The van der Waals surface area contributed by atoms with Crippen molar-refractivity contribution in [3.05, 3.63) is 51.9 Å². The average molecular weight is 245 g/mol. The molecule has 3 N–H and O–H groups in total. The van der Waals surface area contributed by atoms with E-state index in [1.165, 1.54) is 6.07 Å². The number of H-pyrrole nitrogens is 2. The molecular formula is C13H15N3O2. The largest absolute Gasteiger partial charge is 0.320 e. The molecule has 0 fully saturated rings. The highest BCUT2D eigenvalue weighted by Gasteiger charge is 2.12. The number of hydrogen-bond donors (Lipinski definition) is 3. The van der Waals surface area contributed by atoms with Crippen LogP contribution in [0.1, 0.15) is 35.8 Å². The number of amides is 1. The maximum absolute atomic E-state index is 11.9. The molecule has 1 heterocycles. The van der Waals surface area contributed by atoms with Crippen LogP contribution < -0.4 is 10.9 Å². The summed E-state index contributed by atoms with van der Waals surface area (Å²) in [5.74, 6) is -0.0202. The molecule has 0 atom stereocenters. The molecular weight excluding hydrogens is 230 g/mol. The van der Waals surface area contributed by atoms with Crippen molar-refractivity contribution in [2.45, 2.75) is 19.8 Å². The van der Waals surface area contributed by atoms with Crippen LogP contribution in [0.2, 0.25) is 0 Å². The van der Waals surface area contributed by atoms with Crippen LogP contribution in [0.15, 0.2) is 35.1 Å². The van der Waals surface area contributed by atoms with E-state index in [-0.39, 0.29) is 17.2 Å². The van der Waals surface area contributed by atoms with Gasteiger partial charge in [0, 0.05) is 11.8 Å². The van der Waals surface area contributed by atoms with E-state index in [9.17, 15) is 9.59 Å². The Kier molecular flexibility index (Phi) is 3.32. The lowest BCUT2D eigenvalue weighted by molar-refractivity contribution is 0.102. The van der Waals surface area contributed by atoms with Gasteiger partial charge in [-0.15, -0.1) is 0 Å². The molecule has 2 rings (SSSR count). The Bertz CT molecular complexity index is 610. The fourth-order valence-electron chi connectivity index (χ4n) is 1.76. The molecule has 1 aromatic carbocycles. The average Bonchev–Trinajstić information content (AvgIpc) is 2.76. The predicted octanol–water partition coefficient (Wildman–Crippen LogP) is 2.08. The SMILES string of the molecule is CC(C)c1ccccc1NC(=O)c1cc(=O)[nH][nH]1. The van der Waals surface area contributed by atoms with Gasteiger partial charge >= 0.3 is 0 Å². The van der Waals surface area contributed by atoms with Crippen molar-refractivity contribution in [3.63, 3.8) is 0 Å². The number of hydrogen-bond acceptors (Lipinski definition) is 2. The highest BCUT2D eigenvalue weighted by atomic mass is 16.2. The highest BCUT2D eigenvalue weighted by Crippen LogP contribution is 2.23. The van der Waals surface area contributed by atoms with Gasteiger partial charge in [-0.05, 0) is 17.5 Å². The predicted molar refractivity (Wildman–Crippen MR) is 69.9 cm³/mol. The second-order valence-electron chi connectivity index (χ2n) is 4.37. The number of aromatic amines is 2. The van der Waals surface area contributed by atoms with E-state index in [2.05, 4.69) is 29.4 Å². The first kappa shape index (κ1) is 12.2. The smallest absolute Gasteiger partial charge is 0.273 e. The minimum Gasteiger partial charge on any atom is -0.320 e. The van der Waals surface area contributed by atoms with E-state index in [4.69, 9.17) is 0 Å². The maximum Gasteiger partial charge on any atom is 0.273 e. The van der Waals surface area contributed by atoms with Gasteiger partial charge in [0.2, 0.25) is 0 Å². The molecule has 94 valence electrons. The quantitative estimate of drug-likeness (QED) is 0.774. The minimum absolute atomic E-state index is 0.221. The molecule has 5 nitrogen and oxygen atoms in total. The third kappa shape index (κ3) is 2.51. The van der Waals surface area contributed by atoms with Gasteiger partial charge < -0.3 is 5.32 Å². The van der Waals surface area contributed by atoms with Gasteiger partial charge in [-0.1, -0.05) is 32.0 Å². The van der Waals surface area contributed by atoms with Crippen molar-refractivity contribution >= 4 is 11.6 Å². The van der Waals surface area contributed by atoms with Gasteiger partial charge in [0.1, 0.15) is 5.69 Å². The zero-order chi connectivity index (χ0) is 13.1. The summed E-state index contributed by atoms with van der Waals surface area (Å²) in [4.78, 5) is 22.9. The molecule has 2 aromatic rings. The Morgan fingerprint density at radius 3 is 2.56 bits per heavy atom. The number of para-hydroxylation sites is 1. The summed E-state index contributed by atoms with van der Waals surface area (Å²) in [6, 6.07) is 8.84. The zero-order valence-corrected chi connectivity index (χ0v) is 10.3. The van der Waals surface area contributed by atoms with Gasteiger partial charge in [-0.25, -0.2) is 0 Å². The summed E-state index contributed by atoms with van der Waals surface area (Å²) in [5, 5.41) is 7.65. The highest BCUT2D eigenvalue weighted by molar-refractivity contribution is 6.03. The topological polar surface area (TPSA) is 77.8 Å². The maximum atomic E-state index is 11.9. The van der Waals surface area contributed by atoms with Gasteiger partial charge in [0.25, 0.3) is 11.5 Å². The first-order chi connectivity index (χ1) is 8.58. The van der Waals surface area contributed by atoms with Gasteiger partial charge in [0.05, 0.1) is 0 Å². The molecule has 5 heteroatoms. The lowest BCUT2D eigenvalue weighted by atomic mass is 10.0. The first-order valence-electron chi connectivity index (χ1n) is 5.76. The van der Waals surface area contributed by atoms with Crippen molar-refractivity contribution in [2.24, 2.45) is 0 Å². The molecule has 0 spiro atoms. The van der Waals surface area contributed by atoms with Gasteiger partial charge in [-0.3, -0.25) is 19.8 Å². The van der Waals surface area contributed by atoms with Crippen LogP contribution in [-0.2, 0) is 0 Å². The van der Waals surface area contributed by atoms with Gasteiger partial charge in [-0.2, -0.15) is 0 Å². The van der Waals surface area contributed by atoms with E-state index in [1.807, 2.05) is 24.3 Å². The van der Waals surface area contributed by atoms with Crippen LogP contribution >= 0.6 is 0 Å². The Balaban J connectivity index is 2.24. The van der Waals surface area contributed by atoms with E-state index in [0.29, 0.717) is 5.92 Å². The normalized spacial score (nSPS) is 10.6. The van der Waals surface area contributed by atoms with E-state index >= 15 is 0 Å². The zero-order valence-electron chi connectivity index (χ0n) is 10.3. The summed E-state index contributed by atoms with van der Waals surface area (Å²) in [6.07, 6.45) is 0. The second-order valence-corrected chi connectivity index (χ2v) is 4.37. The molecule has 0 saturated heterocycles. The molecule has 18 heavy (non-hydrogen) atoms. The summed E-state index contributed by atoms with van der Waals surface area (Å²) in [5.41, 5.74) is 1.72. The summed E-state index contributed by atoms with van der Waals surface area (Å²) >= 11 is 0. The van der Waals surface area contributed by atoms with Crippen LogP contribution in [0, 0.1) is 0 Å². The lowest BCUT2D eigenvalue weighted by Crippen LogP contribution is -2.14. The fourth-order valence-corrected chi connectivity index (χ4v) is 1.76. The fraction of sp³-hybridized carbons (Fsp3) is 0.231. The van der Waals surface area contributed by atoms with E-state index < -0.39 is 0 Å². The molecule has 1 amide bonds. The van der Waals surface area contributed by atoms with Gasteiger partial charge in [0.15, 0.2) is 0 Å². The lowest BCUT2D eigenvalue weighted by Gasteiger charge is -2.12. The first-order valence-corrected chi connectivity index (χ1v) is 5.76. The number of aromatic nitrogens is 2. The van der Waals surface area contributed by atoms with Crippen molar-refractivity contribution < 1.29 is 4.79 Å². The van der Waals surface area contributed by atoms with Crippen molar-refractivity contribution in [2.75, 3.05) is 5.32 Å².